The first-order chi connectivity index (χ1) is 8.25. The number of nitrogens with one attached hydrogen (secondary N) is 1. The topological polar surface area (TPSA) is 49.3 Å². The summed E-state index contributed by atoms with van der Waals surface area (Å²) in [6, 6.07) is 1.78. The van der Waals surface area contributed by atoms with Gasteiger partial charge in [0.05, 0.1) is 5.56 Å². The number of carboxylic acids is 1. The van der Waals surface area contributed by atoms with Crippen molar-refractivity contribution in [3.63, 3.8) is 0 Å². The van der Waals surface area contributed by atoms with Gasteiger partial charge < -0.3 is 10.4 Å². The van der Waals surface area contributed by atoms with Crippen LogP contribution in [0.25, 0.3) is 0 Å². The van der Waals surface area contributed by atoms with Crippen molar-refractivity contribution >= 4 is 27.6 Å². The molecule has 0 amide bonds. The lowest BCUT2D eigenvalue weighted by atomic mass is 10.1. The fourth-order valence-corrected chi connectivity index (χ4v) is 1.56. The molecule has 0 radical (unpaired) electrons. The van der Waals surface area contributed by atoms with E-state index in [9.17, 15) is 18.0 Å². The molecule has 0 saturated heterocycles. The van der Waals surface area contributed by atoms with Crippen LogP contribution in [-0.4, -0.2) is 17.1 Å². The van der Waals surface area contributed by atoms with Crippen LogP contribution in [0.1, 0.15) is 5.56 Å². The molecule has 0 heterocycles. The molecule has 18 heavy (non-hydrogen) atoms. The van der Waals surface area contributed by atoms with Crippen molar-refractivity contribution in [3.05, 3.63) is 40.9 Å². The highest BCUT2D eigenvalue weighted by atomic mass is 79.9. The number of rotatable bonds is 4. The minimum atomic E-state index is -4.48. The Morgan fingerprint density at radius 1 is 1.50 bits per heavy atom. The molecule has 0 fully saturated rings. The molecule has 0 aliphatic rings. The molecule has 1 aromatic carbocycles. The number of benzene rings is 1. The molecule has 3 nitrogen and oxygen atoms in total. The summed E-state index contributed by atoms with van der Waals surface area (Å²) in [5.74, 6) is -1.23. The van der Waals surface area contributed by atoms with Crippen LogP contribution in [0.3, 0.4) is 0 Å². The van der Waals surface area contributed by atoms with E-state index in [2.05, 4.69) is 27.8 Å². The van der Waals surface area contributed by atoms with Crippen molar-refractivity contribution in [1.82, 2.24) is 0 Å². The molecule has 0 aromatic heterocycles. The largest absolute Gasteiger partial charge is 0.479 e. The van der Waals surface area contributed by atoms with Crippen LogP contribution in [0.15, 0.2) is 35.3 Å². The Morgan fingerprint density at radius 2 is 2.11 bits per heavy atom. The number of alkyl halides is 3. The number of hydrogen-bond donors (Lipinski definition) is 2. The molecule has 1 aromatic rings. The van der Waals surface area contributed by atoms with Gasteiger partial charge in [0.1, 0.15) is 6.04 Å². The van der Waals surface area contributed by atoms with Gasteiger partial charge in [-0.3, -0.25) is 0 Å². The summed E-state index contributed by atoms with van der Waals surface area (Å²) in [6.45, 7) is 3.30. The van der Waals surface area contributed by atoms with Crippen LogP contribution < -0.4 is 5.32 Å². The molecule has 0 saturated carbocycles. The van der Waals surface area contributed by atoms with Gasteiger partial charge in [0.15, 0.2) is 0 Å². The summed E-state index contributed by atoms with van der Waals surface area (Å²) in [6.07, 6.45) is -3.39. The lowest BCUT2D eigenvalue weighted by molar-refractivity contribution is -0.137. The summed E-state index contributed by atoms with van der Waals surface area (Å²) in [5, 5.41) is 11.2. The van der Waals surface area contributed by atoms with E-state index in [-0.39, 0.29) is 5.69 Å². The van der Waals surface area contributed by atoms with E-state index in [4.69, 9.17) is 5.11 Å². The molecule has 0 aliphatic carbocycles. The normalized spacial score (nSPS) is 12.9. The van der Waals surface area contributed by atoms with Crippen LogP contribution in [-0.2, 0) is 11.0 Å². The highest BCUT2D eigenvalue weighted by molar-refractivity contribution is 9.10. The minimum Gasteiger partial charge on any atom is -0.479 e. The second-order valence-electron chi connectivity index (χ2n) is 3.39. The molecule has 2 N–H and O–H groups in total. The lowest BCUT2D eigenvalue weighted by Gasteiger charge is -2.15. The van der Waals surface area contributed by atoms with Crippen LogP contribution >= 0.6 is 15.9 Å². The van der Waals surface area contributed by atoms with Crippen LogP contribution in [0.4, 0.5) is 18.9 Å². The van der Waals surface area contributed by atoms with Crippen LogP contribution in [0.2, 0.25) is 0 Å². The van der Waals surface area contributed by atoms with Gasteiger partial charge in [-0.2, -0.15) is 13.2 Å². The molecule has 1 rings (SSSR count). The fraction of sp³-hybridized carbons (Fsp3) is 0.182. The summed E-state index contributed by atoms with van der Waals surface area (Å²) in [5.41, 5.74) is -0.821. The summed E-state index contributed by atoms with van der Waals surface area (Å²) in [4.78, 5) is 10.8. The predicted molar refractivity (Wildman–Crippen MR) is 64.4 cm³/mol. The van der Waals surface area contributed by atoms with E-state index in [1.807, 2.05) is 0 Å². The molecule has 1 unspecified atom stereocenters. The van der Waals surface area contributed by atoms with Gasteiger partial charge in [-0.15, -0.1) is 6.58 Å². The van der Waals surface area contributed by atoms with Crippen LogP contribution in [0, 0.1) is 0 Å². The maximum Gasteiger partial charge on any atom is 0.416 e. The van der Waals surface area contributed by atoms with Gasteiger partial charge >= 0.3 is 12.1 Å². The predicted octanol–water partition coefficient (Wildman–Crippen LogP) is 3.52. The molecule has 7 heteroatoms. The molecule has 1 atom stereocenters. The number of hydrogen-bond acceptors (Lipinski definition) is 2. The van der Waals surface area contributed by atoms with Crippen molar-refractivity contribution in [1.29, 1.82) is 0 Å². The summed E-state index contributed by atoms with van der Waals surface area (Å²) in [7, 11) is 0. The number of carboxylic acid groups (broad SMARTS) is 1. The first-order valence-corrected chi connectivity index (χ1v) is 5.53. The van der Waals surface area contributed by atoms with Crippen molar-refractivity contribution < 1.29 is 23.1 Å². The van der Waals surface area contributed by atoms with E-state index in [0.29, 0.717) is 4.47 Å². The average molecular weight is 324 g/mol. The Morgan fingerprint density at radius 3 is 2.56 bits per heavy atom. The molecule has 0 bridgehead atoms. The zero-order chi connectivity index (χ0) is 13.9. The van der Waals surface area contributed by atoms with Gasteiger partial charge in [-0.05, 0) is 34.1 Å². The molecular weight excluding hydrogens is 315 g/mol. The van der Waals surface area contributed by atoms with Crippen molar-refractivity contribution in [2.75, 3.05) is 5.32 Å². The lowest BCUT2D eigenvalue weighted by Crippen LogP contribution is -2.27. The average Bonchev–Trinajstić information content (AvgIpc) is 2.25. The smallest absolute Gasteiger partial charge is 0.416 e. The highest BCUT2D eigenvalue weighted by Crippen LogP contribution is 2.34. The Labute approximate surface area is 109 Å². The quantitative estimate of drug-likeness (QED) is 0.833. The fourth-order valence-electron chi connectivity index (χ4n) is 1.20. The van der Waals surface area contributed by atoms with Gasteiger partial charge in [-0.25, -0.2) is 4.79 Å². The second-order valence-corrected chi connectivity index (χ2v) is 4.24. The number of halogens is 4. The summed E-state index contributed by atoms with van der Waals surface area (Å²) < 4.78 is 37.8. The van der Waals surface area contributed by atoms with Gasteiger partial charge in [-0.1, -0.05) is 6.08 Å². The standard InChI is InChI=1S/C11H9BrF3NO2/c1-2-8(10(17)18)16-9-5-6(11(13,14)15)3-4-7(9)12/h2-5,8,16H,1H2,(H,17,18). The third kappa shape index (κ3) is 3.49. The Bertz CT molecular complexity index is 474. The third-order valence-corrected chi connectivity index (χ3v) is 2.80. The van der Waals surface area contributed by atoms with E-state index >= 15 is 0 Å². The zero-order valence-electron chi connectivity index (χ0n) is 8.96. The van der Waals surface area contributed by atoms with E-state index in [1.165, 1.54) is 6.07 Å². The SMILES string of the molecule is C=CC(Nc1cc(C(F)(F)F)ccc1Br)C(=O)O. The van der Waals surface area contributed by atoms with Crippen LogP contribution in [0.5, 0.6) is 0 Å². The Kier molecular flexibility index (Phi) is 4.39. The maximum atomic E-state index is 12.5. The van der Waals surface area contributed by atoms with Crippen molar-refractivity contribution in [2.24, 2.45) is 0 Å². The molecular formula is C11H9BrF3NO2. The van der Waals surface area contributed by atoms with Gasteiger partial charge in [0.2, 0.25) is 0 Å². The monoisotopic (exact) mass is 323 g/mol. The minimum absolute atomic E-state index is 0.0390. The van der Waals surface area contributed by atoms with Crippen molar-refractivity contribution in [3.8, 4) is 0 Å². The third-order valence-electron chi connectivity index (χ3n) is 2.11. The first kappa shape index (κ1) is 14.6. The van der Waals surface area contributed by atoms with Gasteiger partial charge in [0, 0.05) is 10.2 Å². The number of aliphatic carboxylic acids is 1. The van der Waals surface area contributed by atoms with Gasteiger partial charge in [0.25, 0.3) is 0 Å². The number of anilines is 1. The Hall–Kier alpha value is -1.50. The summed E-state index contributed by atoms with van der Waals surface area (Å²) >= 11 is 3.05. The highest BCUT2D eigenvalue weighted by Gasteiger charge is 2.31. The molecule has 98 valence electrons. The maximum absolute atomic E-state index is 12.5. The zero-order valence-corrected chi connectivity index (χ0v) is 10.5. The first-order valence-electron chi connectivity index (χ1n) is 4.74. The van der Waals surface area contributed by atoms with E-state index < -0.39 is 23.8 Å². The number of carbonyl (C=O) groups is 1. The molecule has 0 aliphatic heterocycles. The van der Waals surface area contributed by atoms with E-state index in [1.54, 1.807) is 0 Å². The Balaban J connectivity index is 3.08. The van der Waals surface area contributed by atoms with Crippen molar-refractivity contribution in [2.45, 2.75) is 12.2 Å². The van der Waals surface area contributed by atoms with E-state index in [0.717, 1.165) is 18.2 Å². The second kappa shape index (κ2) is 5.43. The molecule has 0 spiro atoms.